The minimum Gasteiger partial charge on any atom is -0.457 e. The molecule has 0 bridgehead atoms. The van der Waals surface area contributed by atoms with Gasteiger partial charge in [-0.25, -0.2) is 0 Å². The number of carbonyl (C=O) groups excluding carboxylic acids is 3. The number of halogens is 1. The molecule has 0 radical (unpaired) electrons. The Hall–Kier alpha value is -2.62. The number of hydrogen-bond acceptors (Lipinski definition) is 4. The summed E-state index contributed by atoms with van der Waals surface area (Å²) in [5.74, 6) is -0.249. The first-order valence-corrected chi connectivity index (χ1v) is 14.6. The van der Waals surface area contributed by atoms with Crippen LogP contribution in [0.2, 0.25) is 0 Å². The van der Waals surface area contributed by atoms with Gasteiger partial charge in [0.25, 0.3) is 0 Å². The van der Waals surface area contributed by atoms with Crippen molar-refractivity contribution in [2.24, 2.45) is 23.5 Å². The first-order valence-electron chi connectivity index (χ1n) is 13.0. The molecule has 8 heteroatoms. The van der Waals surface area contributed by atoms with Gasteiger partial charge >= 0.3 is 0 Å². The van der Waals surface area contributed by atoms with E-state index in [4.69, 9.17) is 10.5 Å². The molecule has 2 unspecified atom stereocenters. The molecule has 2 aromatic carbocycles. The number of hydrogen-bond donors (Lipinski definition) is 2. The zero-order valence-electron chi connectivity index (χ0n) is 21.7. The second-order valence-corrected chi connectivity index (χ2v) is 11.0. The van der Waals surface area contributed by atoms with E-state index in [1.54, 1.807) is 0 Å². The van der Waals surface area contributed by atoms with E-state index >= 15 is 0 Å². The molecule has 1 aliphatic heterocycles. The Balaban J connectivity index is 1.73. The summed E-state index contributed by atoms with van der Waals surface area (Å²) in [6.07, 6.45) is 3.90. The molecular weight excluding hydrogens is 581 g/mol. The molecule has 3 rings (SSSR count). The predicted octanol–water partition coefficient (Wildman–Crippen LogP) is 5.07. The third-order valence-corrected chi connectivity index (χ3v) is 7.63. The molecule has 3 amide bonds. The van der Waals surface area contributed by atoms with Crippen molar-refractivity contribution in [1.29, 1.82) is 0 Å². The normalized spacial score (nSPS) is 18.0. The molecule has 0 spiro atoms. The third kappa shape index (κ3) is 8.72. The number of benzene rings is 2. The van der Waals surface area contributed by atoms with Crippen molar-refractivity contribution < 1.29 is 19.1 Å². The molecule has 1 heterocycles. The van der Waals surface area contributed by atoms with Crippen LogP contribution in [0.25, 0.3) is 0 Å². The predicted molar refractivity (Wildman–Crippen MR) is 153 cm³/mol. The molecule has 2 aromatic rings. The molecular formula is C29H38IN3O4. The molecule has 3 N–H and O–H groups in total. The van der Waals surface area contributed by atoms with Gasteiger partial charge in [-0.3, -0.25) is 14.4 Å². The van der Waals surface area contributed by atoms with Gasteiger partial charge in [0, 0.05) is 17.5 Å². The fourth-order valence-corrected chi connectivity index (χ4v) is 5.80. The molecule has 7 nitrogen and oxygen atoms in total. The van der Waals surface area contributed by atoms with Crippen LogP contribution in [0.15, 0.2) is 54.6 Å². The van der Waals surface area contributed by atoms with E-state index in [-0.39, 0.29) is 17.7 Å². The fraction of sp³-hybridized carbons (Fsp3) is 0.483. The second-order valence-electron chi connectivity index (χ2n) is 10.1. The van der Waals surface area contributed by atoms with Crippen LogP contribution in [0.4, 0.5) is 0 Å². The van der Waals surface area contributed by atoms with Gasteiger partial charge in [-0.2, -0.15) is 0 Å². The minimum atomic E-state index is -0.617. The number of carbonyl (C=O) groups is 3. The van der Waals surface area contributed by atoms with Gasteiger partial charge in [-0.15, -0.1) is 0 Å². The Labute approximate surface area is 233 Å². The molecule has 200 valence electrons. The van der Waals surface area contributed by atoms with Crippen LogP contribution in [-0.2, 0) is 20.9 Å². The van der Waals surface area contributed by atoms with E-state index in [2.05, 4.69) is 27.9 Å². The Morgan fingerprint density at radius 3 is 2.46 bits per heavy atom. The van der Waals surface area contributed by atoms with E-state index in [1.165, 1.54) is 0 Å². The lowest BCUT2D eigenvalue weighted by atomic mass is 9.85. The zero-order valence-corrected chi connectivity index (χ0v) is 23.9. The van der Waals surface area contributed by atoms with E-state index in [0.29, 0.717) is 36.1 Å². The van der Waals surface area contributed by atoms with Gasteiger partial charge in [-0.1, -0.05) is 79.6 Å². The topological polar surface area (TPSA) is 102 Å². The maximum Gasteiger partial charge on any atom is 0.245 e. The number of rotatable bonds is 11. The van der Waals surface area contributed by atoms with Gasteiger partial charge in [0.2, 0.25) is 17.7 Å². The van der Waals surface area contributed by atoms with Gasteiger partial charge in [0.05, 0.1) is 11.8 Å². The monoisotopic (exact) mass is 619 g/mol. The number of amides is 3. The fourth-order valence-electron chi connectivity index (χ4n) is 4.75. The number of ether oxygens (including phenoxy) is 1. The number of primary amides is 1. The SMILES string of the molecule is CC(C)CC(C(=O)NC1CCCCCN(Cc2cccc(Oc3ccccc3)c2)C1=O)[C@H](CI)C(N)=O. The quantitative estimate of drug-likeness (QED) is 0.271. The molecule has 0 aliphatic carbocycles. The largest absolute Gasteiger partial charge is 0.457 e. The smallest absolute Gasteiger partial charge is 0.245 e. The summed E-state index contributed by atoms with van der Waals surface area (Å²) < 4.78 is 6.43. The number of para-hydroxylation sites is 1. The first-order chi connectivity index (χ1) is 17.8. The Bertz CT molecular complexity index is 1050. The summed E-state index contributed by atoms with van der Waals surface area (Å²) in [6, 6.07) is 16.7. The maximum absolute atomic E-state index is 13.6. The number of nitrogens with zero attached hydrogens (tertiary/aromatic N) is 1. The van der Waals surface area contributed by atoms with E-state index in [9.17, 15) is 14.4 Å². The zero-order chi connectivity index (χ0) is 26.8. The Kier molecular flexibility index (Phi) is 11.2. The van der Waals surface area contributed by atoms with Crippen molar-refractivity contribution in [2.75, 3.05) is 11.0 Å². The number of nitrogens with two attached hydrogens (primary N) is 1. The van der Waals surface area contributed by atoms with Crippen molar-refractivity contribution in [3.05, 3.63) is 60.2 Å². The number of nitrogens with one attached hydrogen (secondary N) is 1. The van der Waals surface area contributed by atoms with Gasteiger partial charge in [0.15, 0.2) is 0 Å². The minimum absolute atomic E-state index is 0.0872. The van der Waals surface area contributed by atoms with E-state index in [0.717, 1.165) is 30.6 Å². The van der Waals surface area contributed by atoms with Crippen LogP contribution in [0.5, 0.6) is 11.5 Å². The highest BCUT2D eigenvalue weighted by atomic mass is 127. The van der Waals surface area contributed by atoms with Gasteiger partial charge in [0.1, 0.15) is 17.5 Å². The van der Waals surface area contributed by atoms with Crippen molar-refractivity contribution >= 4 is 40.3 Å². The lowest BCUT2D eigenvalue weighted by molar-refractivity contribution is -0.140. The summed E-state index contributed by atoms with van der Waals surface area (Å²) in [6.45, 7) is 5.10. The van der Waals surface area contributed by atoms with E-state index in [1.807, 2.05) is 73.3 Å². The standard InChI is InChI=1S/C29H38IN3O4/c1-20(2)16-24(25(18-30)27(31)34)28(35)32-26-14-7-4-8-15-33(29(26)36)19-21-10-9-13-23(17-21)37-22-11-5-3-6-12-22/h3,5-6,9-13,17,20,24-26H,4,7-8,14-16,18-19H2,1-2H3,(H2,31,34)(H,32,35)/t24?,25-,26?/m0/s1. The van der Waals surface area contributed by atoms with E-state index < -0.39 is 23.8 Å². The van der Waals surface area contributed by atoms with Crippen LogP contribution in [0, 0.1) is 17.8 Å². The summed E-state index contributed by atoms with van der Waals surface area (Å²) in [4.78, 5) is 40.9. The highest BCUT2D eigenvalue weighted by Gasteiger charge is 2.35. The van der Waals surface area contributed by atoms with Crippen LogP contribution in [0.3, 0.4) is 0 Å². The summed E-state index contributed by atoms with van der Waals surface area (Å²) in [5.41, 5.74) is 6.59. The Morgan fingerprint density at radius 1 is 1.05 bits per heavy atom. The lowest BCUT2D eigenvalue weighted by Crippen LogP contribution is -2.52. The molecule has 0 aromatic heterocycles. The molecule has 1 fully saturated rings. The molecule has 1 aliphatic rings. The van der Waals surface area contributed by atoms with Gasteiger partial charge in [-0.05, 0) is 55.0 Å². The highest BCUT2D eigenvalue weighted by molar-refractivity contribution is 14.1. The van der Waals surface area contributed by atoms with Crippen molar-refractivity contribution in [1.82, 2.24) is 10.2 Å². The number of alkyl halides is 1. The molecule has 3 atom stereocenters. The summed E-state index contributed by atoms with van der Waals surface area (Å²) in [7, 11) is 0. The van der Waals surface area contributed by atoms with Crippen LogP contribution in [0.1, 0.15) is 51.5 Å². The highest BCUT2D eigenvalue weighted by Crippen LogP contribution is 2.26. The summed E-state index contributed by atoms with van der Waals surface area (Å²) >= 11 is 2.11. The second kappa shape index (κ2) is 14.4. The molecule has 1 saturated heterocycles. The lowest BCUT2D eigenvalue weighted by Gasteiger charge is -2.32. The van der Waals surface area contributed by atoms with Gasteiger partial charge < -0.3 is 20.7 Å². The molecule has 0 saturated carbocycles. The van der Waals surface area contributed by atoms with Crippen LogP contribution in [-0.4, -0.2) is 39.6 Å². The average Bonchev–Trinajstić information content (AvgIpc) is 2.86. The maximum atomic E-state index is 13.6. The molecule has 37 heavy (non-hydrogen) atoms. The first kappa shape index (κ1) is 28.9. The van der Waals surface area contributed by atoms with Crippen LogP contribution >= 0.6 is 22.6 Å². The van der Waals surface area contributed by atoms with Crippen molar-refractivity contribution in [2.45, 2.75) is 58.5 Å². The average molecular weight is 620 g/mol. The summed E-state index contributed by atoms with van der Waals surface area (Å²) in [5, 5.41) is 3.01. The van der Waals surface area contributed by atoms with Crippen LogP contribution < -0.4 is 15.8 Å². The number of likely N-dealkylation sites (tertiary alicyclic amines) is 1. The third-order valence-electron chi connectivity index (χ3n) is 6.68. The van der Waals surface area contributed by atoms with Crippen molar-refractivity contribution in [3.8, 4) is 11.5 Å². The van der Waals surface area contributed by atoms with Crippen molar-refractivity contribution in [3.63, 3.8) is 0 Å². The Morgan fingerprint density at radius 2 is 1.78 bits per heavy atom.